The number of sulfonamides is 1. The first kappa shape index (κ1) is 31.1. The second-order valence-corrected chi connectivity index (χ2v) is 12.8. The first-order valence-corrected chi connectivity index (χ1v) is 16.1. The average molecular weight is 606 g/mol. The smallest absolute Gasteiger partial charge is 0.244 e. The minimum atomic E-state index is -3.88. The molecule has 0 saturated carbocycles. The van der Waals surface area contributed by atoms with Crippen LogP contribution in [-0.4, -0.2) is 50.0 Å². The molecule has 0 heterocycles. The molecule has 42 heavy (non-hydrogen) atoms. The number of carbonyl (C=O) groups excluding carboxylic acids is 2. The van der Waals surface area contributed by atoms with Gasteiger partial charge in [-0.05, 0) is 48.1 Å². The van der Waals surface area contributed by atoms with E-state index < -0.39 is 28.5 Å². The highest BCUT2D eigenvalue weighted by Gasteiger charge is 2.33. The molecule has 2 atom stereocenters. The van der Waals surface area contributed by atoms with Crippen molar-refractivity contribution in [2.45, 2.75) is 45.3 Å². The number of hydrogen-bond acceptors (Lipinski definition) is 4. The molecular weight excluding hydrogens is 570 g/mol. The second kappa shape index (κ2) is 13.9. The number of halogens is 1. The number of hydrogen-bond donors (Lipinski definition) is 1. The van der Waals surface area contributed by atoms with Gasteiger partial charge in [0.25, 0.3) is 0 Å². The van der Waals surface area contributed by atoms with Gasteiger partial charge in [-0.2, -0.15) is 0 Å². The van der Waals surface area contributed by atoms with Gasteiger partial charge >= 0.3 is 0 Å². The summed E-state index contributed by atoms with van der Waals surface area (Å²) < 4.78 is 27.5. The van der Waals surface area contributed by atoms with Gasteiger partial charge in [0.05, 0.1) is 11.9 Å². The molecule has 0 radical (unpaired) electrons. The zero-order valence-corrected chi connectivity index (χ0v) is 25.6. The van der Waals surface area contributed by atoms with Crippen molar-refractivity contribution in [3.8, 4) is 0 Å². The predicted molar refractivity (Wildman–Crippen MR) is 170 cm³/mol. The molecule has 0 fully saturated rings. The average Bonchev–Trinajstić information content (AvgIpc) is 2.98. The van der Waals surface area contributed by atoms with E-state index in [1.54, 1.807) is 36.4 Å². The van der Waals surface area contributed by atoms with Crippen LogP contribution in [0.3, 0.4) is 0 Å². The van der Waals surface area contributed by atoms with Gasteiger partial charge in [-0.1, -0.05) is 97.4 Å². The highest BCUT2D eigenvalue weighted by atomic mass is 35.5. The fraction of sp³-hybridized carbons (Fsp3) is 0.273. The first-order chi connectivity index (χ1) is 20.1. The maximum absolute atomic E-state index is 14.3. The van der Waals surface area contributed by atoms with Gasteiger partial charge in [0.2, 0.25) is 21.8 Å². The third-order valence-corrected chi connectivity index (χ3v) is 8.63. The number of anilines is 1. The molecule has 7 nitrogen and oxygen atoms in total. The van der Waals surface area contributed by atoms with E-state index in [9.17, 15) is 18.0 Å². The summed E-state index contributed by atoms with van der Waals surface area (Å²) in [5.41, 5.74) is 2.04. The summed E-state index contributed by atoms with van der Waals surface area (Å²) >= 11 is 6.12. The molecule has 220 valence electrons. The molecule has 0 bridgehead atoms. The van der Waals surface area contributed by atoms with E-state index in [-0.39, 0.29) is 24.9 Å². The third-order valence-electron chi connectivity index (χ3n) is 7.25. The molecule has 2 amide bonds. The lowest BCUT2D eigenvalue weighted by Gasteiger charge is -2.34. The van der Waals surface area contributed by atoms with Crippen molar-refractivity contribution < 1.29 is 18.0 Å². The fourth-order valence-electron chi connectivity index (χ4n) is 4.80. The van der Waals surface area contributed by atoms with Crippen molar-refractivity contribution in [2.75, 3.05) is 17.1 Å². The van der Waals surface area contributed by atoms with Crippen LogP contribution in [0.2, 0.25) is 5.02 Å². The van der Waals surface area contributed by atoms with Gasteiger partial charge in [0.1, 0.15) is 12.6 Å². The molecule has 0 unspecified atom stereocenters. The van der Waals surface area contributed by atoms with E-state index in [4.69, 9.17) is 11.6 Å². The Morgan fingerprint density at radius 3 is 2.17 bits per heavy atom. The Balaban J connectivity index is 1.78. The maximum atomic E-state index is 14.3. The van der Waals surface area contributed by atoms with Crippen LogP contribution in [0.1, 0.15) is 31.4 Å². The number of benzene rings is 4. The van der Waals surface area contributed by atoms with E-state index in [0.29, 0.717) is 16.1 Å². The second-order valence-electron chi connectivity index (χ2n) is 10.4. The highest BCUT2D eigenvalue weighted by Crippen LogP contribution is 2.29. The lowest BCUT2D eigenvalue weighted by molar-refractivity contribution is -0.140. The summed E-state index contributed by atoms with van der Waals surface area (Å²) in [7, 11) is -3.88. The lowest BCUT2D eigenvalue weighted by atomic mass is 10.0. The minimum Gasteiger partial charge on any atom is -0.352 e. The molecule has 9 heteroatoms. The van der Waals surface area contributed by atoms with E-state index >= 15 is 0 Å². The number of fused-ring (bicyclic) bond motifs is 1. The number of nitrogens with one attached hydrogen (secondary N) is 1. The van der Waals surface area contributed by atoms with E-state index in [2.05, 4.69) is 5.32 Å². The standard InChI is InChI=1S/C33H36ClN3O4S/c1-4-24(2)35-33(39)31(21-25-11-6-5-7-12-25)36(22-26-17-19-28(34)20-18-26)32(38)23-37(42(3,40)41)30-16-10-14-27-13-8-9-15-29(27)30/h5-20,24,31H,4,21-23H2,1-3H3,(H,35,39)/t24-,31+/m0/s1. The van der Waals surface area contributed by atoms with Gasteiger partial charge < -0.3 is 10.2 Å². The van der Waals surface area contributed by atoms with Crippen LogP contribution in [0.15, 0.2) is 97.1 Å². The number of carbonyl (C=O) groups is 2. The summed E-state index contributed by atoms with van der Waals surface area (Å²) in [6.45, 7) is 3.51. The molecular formula is C33H36ClN3O4S. The van der Waals surface area contributed by atoms with Crippen LogP contribution in [0.25, 0.3) is 10.8 Å². The molecule has 4 aromatic carbocycles. The maximum Gasteiger partial charge on any atom is 0.244 e. The summed E-state index contributed by atoms with van der Waals surface area (Å²) in [4.78, 5) is 29.5. The fourth-order valence-corrected chi connectivity index (χ4v) is 5.79. The number of rotatable bonds is 12. The van der Waals surface area contributed by atoms with Gasteiger partial charge in [0, 0.05) is 29.4 Å². The largest absolute Gasteiger partial charge is 0.352 e. The Labute approximate surface area is 253 Å². The minimum absolute atomic E-state index is 0.0918. The molecule has 4 aromatic rings. The highest BCUT2D eigenvalue weighted by molar-refractivity contribution is 7.92. The summed E-state index contributed by atoms with van der Waals surface area (Å²) in [6.07, 6.45) is 2.07. The van der Waals surface area contributed by atoms with E-state index in [1.165, 1.54) is 4.90 Å². The van der Waals surface area contributed by atoms with Crippen LogP contribution in [0.4, 0.5) is 5.69 Å². The quantitative estimate of drug-likeness (QED) is 0.221. The molecule has 4 rings (SSSR count). The zero-order valence-electron chi connectivity index (χ0n) is 24.0. The van der Waals surface area contributed by atoms with Crippen LogP contribution in [0, 0.1) is 0 Å². The SMILES string of the molecule is CC[C@H](C)NC(=O)[C@@H](Cc1ccccc1)N(Cc1ccc(Cl)cc1)C(=O)CN(c1cccc2ccccc12)S(C)(=O)=O. The first-order valence-electron chi connectivity index (χ1n) is 13.9. The Morgan fingerprint density at radius 2 is 1.50 bits per heavy atom. The normalized spacial score (nSPS) is 12.9. The van der Waals surface area contributed by atoms with E-state index in [0.717, 1.165) is 33.5 Å². The van der Waals surface area contributed by atoms with Crippen molar-refractivity contribution in [3.05, 3.63) is 113 Å². The summed E-state index contributed by atoms with van der Waals surface area (Å²) in [5, 5.41) is 5.14. The number of nitrogens with zero attached hydrogens (tertiary/aromatic N) is 2. The Morgan fingerprint density at radius 1 is 0.857 bits per heavy atom. The molecule has 0 saturated heterocycles. The molecule has 0 aliphatic heterocycles. The van der Waals surface area contributed by atoms with Crippen molar-refractivity contribution in [1.29, 1.82) is 0 Å². The summed E-state index contributed by atoms with van der Waals surface area (Å²) in [5.74, 6) is -0.796. The Kier molecular flexibility index (Phi) is 10.2. The van der Waals surface area contributed by atoms with Gasteiger partial charge in [-0.15, -0.1) is 0 Å². The monoisotopic (exact) mass is 605 g/mol. The van der Waals surface area contributed by atoms with Crippen molar-refractivity contribution in [1.82, 2.24) is 10.2 Å². The van der Waals surface area contributed by atoms with Crippen molar-refractivity contribution in [3.63, 3.8) is 0 Å². The van der Waals surface area contributed by atoms with E-state index in [1.807, 2.05) is 74.5 Å². The van der Waals surface area contributed by atoms with Crippen LogP contribution < -0.4 is 9.62 Å². The van der Waals surface area contributed by atoms with Crippen LogP contribution in [0.5, 0.6) is 0 Å². The topological polar surface area (TPSA) is 86.8 Å². The molecule has 1 N–H and O–H groups in total. The Bertz CT molecular complexity index is 1620. The molecule has 0 spiro atoms. The molecule has 0 aliphatic rings. The van der Waals surface area contributed by atoms with Crippen molar-refractivity contribution >= 4 is 49.9 Å². The van der Waals surface area contributed by atoms with Crippen LogP contribution in [-0.2, 0) is 32.6 Å². The predicted octanol–water partition coefficient (Wildman–Crippen LogP) is 5.81. The molecule has 0 aliphatic carbocycles. The van der Waals surface area contributed by atoms with Crippen molar-refractivity contribution in [2.24, 2.45) is 0 Å². The van der Waals surface area contributed by atoms with Crippen LogP contribution >= 0.6 is 11.6 Å². The third kappa shape index (κ3) is 7.89. The zero-order chi connectivity index (χ0) is 30.3. The van der Waals surface area contributed by atoms with Gasteiger partial charge in [0.15, 0.2) is 0 Å². The Hall–Kier alpha value is -3.88. The lowest BCUT2D eigenvalue weighted by Crippen LogP contribution is -2.54. The van der Waals surface area contributed by atoms with Gasteiger partial charge in [-0.3, -0.25) is 13.9 Å². The number of amides is 2. The molecule has 0 aromatic heterocycles. The summed E-state index contributed by atoms with van der Waals surface area (Å²) in [6, 6.07) is 28.3. The van der Waals surface area contributed by atoms with Gasteiger partial charge in [-0.25, -0.2) is 8.42 Å².